The lowest BCUT2D eigenvalue weighted by Crippen LogP contribution is -2.21. The highest BCUT2D eigenvalue weighted by atomic mass is 35.5. The second-order valence-corrected chi connectivity index (χ2v) is 5.59. The average Bonchev–Trinajstić information content (AvgIpc) is 2.55. The Morgan fingerprint density at radius 3 is 2.68 bits per heavy atom. The van der Waals surface area contributed by atoms with Crippen LogP contribution < -0.4 is 10.1 Å². The molecule has 4 heteroatoms. The van der Waals surface area contributed by atoms with Crippen LogP contribution in [-0.2, 0) is 6.54 Å². The molecule has 118 valence electrons. The van der Waals surface area contributed by atoms with Crippen molar-refractivity contribution in [3.63, 3.8) is 0 Å². The van der Waals surface area contributed by atoms with Crippen molar-refractivity contribution in [3.8, 4) is 5.75 Å². The molecule has 0 radical (unpaired) electrons. The predicted molar refractivity (Wildman–Crippen MR) is 90.3 cm³/mol. The van der Waals surface area contributed by atoms with Gasteiger partial charge in [0, 0.05) is 23.7 Å². The Balaban J connectivity index is 1.92. The van der Waals surface area contributed by atoms with Gasteiger partial charge in [-0.15, -0.1) is 0 Å². The number of hydrogen-bond donors (Lipinski definition) is 2. The fraction of sp³-hybridized carbons (Fsp3) is 0.333. The van der Waals surface area contributed by atoms with Gasteiger partial charge >= 0.3 is 0 Å². The molecule has 2 aromatic rings. The quantitative estimate of drug-likeness (QED) is 0.774. The van der Waals surface area contributed by atoms with E-state index < -0.39 is 6.10 Å². The van der Waals surface area contributed by atoms with Crippen LogP contribution in [0.1, 0.15) is 30.6 Å². The Morgan fingerprint density at radius 2 is 1.95 bits per heavy atom. The molecule has 0 spiro atoms. The molecule has 0 unspecified atom stereocenters. The Kier molecular flexibility index (Phi) is 6.72. The van der Waals surface area contributed by atoms with Gasteiger partial charge in [-0.2, -0.15) is 0 Å². The third kappa shape index (κ3) is 5.02. The molecular formula is C18H22ClNO2. The van der Waals surface area contributed by atoms with Gasteiger partial charge in [0.15, 0.2) is 0 Å². The van der Waals surface area contributed by atoms with Gasteiger partial charge in [0.2, 0.25) is 0 Å². The molecule has 1 atom stereocenters. The molecule has 2 aromatic carbocycles. The van der Waals surface area contributed by atoms with Gasteiger partial charge in [-0.1, -0.05) is 48.9 Å². The third-order valence-corrected chi connectivity index (χ3v) is 3.56. The zero-order chi connectivity index (χ0) is 15.8. The molecule has 2 rings (SSSR count). The molecule has 0 saturated heterocycles. The largest absolute Gasteiger partial charge is 0.493 e. The highest BCUT2D eigenvalue weighted by Gasteiger charge is 2.08. The Bertz CT molecular complexity index is 575. The SMILES string of the molecule is CCCOc1ccc(Cl)cc1CNC[C@@H](O)c1ccccc1. The van der Waals surface area contributed by atoms with Crippen LogP contribution in [0.4, 0.5) is 0 Å². The molecule has 0 aliphatic heterocycles. The monoisotopic (exact) mass is 319 g/mol. The highest BCUT2D eigenvalue weighted by molar-refractivity contribution is 6.30. The van der Waals surface area contributed by atoms with Crippen LogP contribution in [0.25, 0.3) is 0 Å². The number of aliphatic hydroxyl groups is 1. The van der Waals surface area contributed by atoms with E-state index in [1.54, 1.807) is 0 Å². The maximum atomic E-state index is 10.1. The summed E-state index contributed by atoms with van der Waals surface area (Å²) in [5.41, 5.74) is 1.91. The first-order chi connectivity index (χ1) is 10.7. The van der Waals surface area contributed by atoms with Gasteiger partial charge in [-0.05, 0) is 30.2 Å². The first-order valence-electron chi connectivity index (χ1n) is 7.55. The molecule has 0 fully saturated rings. The van der Waals surface area contributed by atoms with Crippen molar-refractivity contribution in [2.45, 2.75) is 26.0 Å². The molecule has 0 heterocycles. The van der Waals surface area contributed by atoms with Crippen molar-refractivity contribution in [1.82, 2.24) is 5.32 Å². The van der Waals surface area contributed by atoms with Crippen molar-refractivity contribution in [2.75, 3.05) is 13.2 Å². The number of benzene rings is 2. The summed E-state index contributed by atoms with van der Waals surface area (Å²) in [7, 11) is 0. The molecule has 0 bridgehead atoms. The second-order valence-electron chi connectivity index (χ2n) is 5.16. The van der Waals surface area contributed by atoms with Crippen molar-refractivity contribution in [3.05, 3.63) is 64.7 Å². The summed E-state index contributed by atoms with van der Waals surface area (Å²) in [4.78, 5) is 0. The van der Waals surface area contributed by atoms with Gasteiger partial charge in [-0.25, -0.2) is 0 Å². The first kappa shape index (κ1) is 16.8. The Morgan fingerprint density at radius 1 is 1.18 bits per heavy atom. The number of ether oxygens (including phenoxy) is 1. The van der Waals surface area contributed by atoms with Crippen LogP contribution in [0, 0.1) is 0 Å². The first-order valence-corrected chi connectivity index (χ1v) is 7.93. The van der Waals surface area contributed by atoms with Crippen molar-refractivity contribution in [1.29, 1.82) is 0 Å². The topological polar surface area (TPSA) is 41.5 Å². The fourth-order valence-electron chi connectivity index (χ4n) is 2.18. The normalized spacial score (nSPS) is 12.1. The molecule has 22 heavy (non-hydrogen) atoms. The lowest BCUT2D eigenvalue weighted by atomic mass is 10.1. The Labute approximate surface area is 136 Å². The average molecular weight is 320 g/mol. The maximum absolute atomic E-state index is 10.1. The number of halogens is 1. The third-order valence-electron chi connectivity index (χ3n) is 3.32. The zero-order valence-electron chi connectivity index (χ0n) is 12.8. The molecule has 0 aromatic heterocycles. The van der Waals surface area contributed by atoms with E-state index >= 15 is 0 Å². The summed E-state index contributed by atoms with van der Waals surface area (Å²) in [5, 5.41) is 14.1. The van der Waals surface area contributed by atoms with Gasteiger partial charge in [0.1, 0.15) is 5.75 Å². The van der Waals surface area contributed by atoms with Crippen molar-refractivity contribution < 1.29 is 9.84 Å². The Hall–Kier alpha value is -1.55. The maximum Gasteiger partial charge on any atom is 0.123 e. The summed E-state index contributed by atoms with van der Waals surface area (Å²) in [6, 6.07) is 15.2. The fourth-order valence-corrected chi connectivity index (χ4v) is 2.37. The highest BCUT2D eigenvalue weighted by Crippen LogP contribution is 2.23. The van der Waals surface area contributed by atoms with E-state index in [0.717, 1.165) is 23.3 Å². The van der Waals surface area contributed by atoms with Gasteiger partial charge in [-0.3, -0.25) is 0 Å². The standard InChI is InChI=1S/C18H22ClNO2/c1-2-10-22-18-9-8-16(19)11-15(18)12-20-13-17(21)14-6-4-3-5-7-14/h3-9,11,17,20-21H,2,10,12-13H2,1H3/t17-/m1/s1. The van der Waals surface area contributed by atoms with Crippen LogP contribution in [0.5, 0.6) is 5.75 Å². The number of nitrogens with one attached hydrogen (secondary N) is 1. The minimum atomic E-state index is -0.527. The molecule has 0 amide bonds. The summed E-state index contributed by atoms with van der Waals surface area (Å²) < 4.78 is 5.72. The molecule has 3 nitrogen and oxygen atoms in total. The van der Waals surface area contributed by atoms with Crippen LogP contribution in [0.2, 0.25) is 5.02 Å². The van der Waals surface area contributed by atoms with Gasteiger partial charge < -0.3 is 15.2 Å². The van der Waals surface area contributed by atoms with Crippen LogP contribution in [0.3, 0.4) is 0 Å². The van der Waals surface area contributed by atoms with E-state index in [9.17, 15) is 5.11 Å². The lowest BCUT2D eigenvalue weighted by Gasteiger charge is -2.15. The minimum absolute atomic E-state index is 0.476. The summed E-state index contributed by atoms with van der Waals surface area (Å²) in [6.45, 7) is 3.83. The van der Waals surface area contributed by atoms with E-state index in [1.165, 1.54) is 0 Å². The van der Waals surface area contributed by atoms with E-state index in [1.807, 2.05) is 48.5 Å². The van der Waals surface area contributed by atoms with E-state index in [4.69, 9.17) is 16.3 Å². The second kappa shape index (κ2) is 8.79. The lowest BCUT2D eigenvalue weighted by molar-refractivity contribution is 0.174. The van der Waals surface area contributed by atoms with E-state index in [-0.39, 0.29) is 0 Å². The number of aliphatic hydroxyl groups excluding tert-OH is 1. The number of hydrogen-bond acceptors (Lipinski definition) is 3. The van der Waals surface area contributed by atoms with Gasteiger partial charge in [0.05, 0.1) is 12.7 Å². The molecule has 0 aliphatic carbocycles. The predicted octanol–water partition coefficient (Wildman–Crippen LogP) is 3.95. The number of rotatable bonds is 8. The minimum Gasteiger partial charge on any atom is -0.493 e. The molecule has 0 saturated carbocycles. The molecular weight excluding hydrogens is 298 g/mol. The van der Waals surface area contributed by atoms with Crippen molar-refractivity contribution >= 4 is 11.6 Å². The zero-order valence-corrected chi connectivity index (χ0v) is 13.5. The van der Waals surface area contributed by atoms with Crippen LogP contribution in [0.15, 0.2) is 48.5 Å². The molecule has 0 aliphatic rings. The smallest absolute Gasteiger partial charge is 0.123 e. The van der Waals surface area contributed by atoms with E-state index in [0.29, 0.717) is 24.7 Å². The van der Waals surface area contributed by atoms with E-state index in [2.05, 4.69) is 12.2 Å². The van der Waals surface area contributed by atoms with Gasteiger partial charge in [0.25, 0.3) is 0 Å². The van der Waals surface area contributed by atoms with Crippen LogP contribution in [-0.4, -0.2) is 18.3 Å². The van der Waals surface area contributed by atoms with Crippen LogP contribution >= 0.6 is 11.6 Å². The molecule has 2 N–H and O–H groups in total. The van der Waals surface area contributed by atoms with Crippen molar-refractivity contribution in [2.24, 2.45) is 0 Å². The summed E-state index contributed by atoms with van der Waals surface area (Å²) in [6.07, 6.45) is 0.433. The summed E-state index contributed by atoms with van der Waals surface area (Å²) in [5.74, 6) is 0.841. The summed E-state index contributed by atoms with van der Waals surface area (Å²) >= 11 is 6.06.